The predicted molar refractivity (Wildman–Crippen MR) is 55.4 cm³/mol. The number of hydrogen-bond acceptors (Lipinski definition) is 3. The molecule has 0 fully saturated rings. The van der Waals surface area contributed by atoms with Crippen LogP contribution in [0.1, 0.15) is 6.42 Å². The van der Waals surface area contributed by atoms with E-state index in [1.807, 2.05) is 28.6 Å². The van der Waals surface area contributed by atoms with E-state index in [9.17, 15) is 4.79 Å². The summed E-state index contributed by atoms with van der Waals surface area (Å²) in [5, 5.41) is 0. The largest absolute Gasteiger partial charge is 0.309 e. The van der Waals surface area contributed by atoms with Crippen LogP contribution in [0.3, 0.4) is 0 Å². The van der Waals surface area contributed by atoms with Crippen molar-refractivity contribution in [2.24, 2.45) is 0 Å². The van der Waals surface area contributed by atoms with Crippen molar-refractivity contribution in [2.75, 3.05) is 6.54 Å². The molecule has 0 aromatic heterocycles. The van der Waals surface area contributed by atoms with Crippen LogP contribution in [0.4, 0.5) is 0 Å². The lowest BCUT2D eigenvalue weighted by atomic mass is 10.4. The van der Waals surface area contributed by atoms with Gasteiger partial charge in [-0.25, -0.2) is 0 Å². The van der Waals surface area contributed by atoms with Gasteiger partial charge in [0.25, 0.3) is 0 Å². The monoisotopic (exact) mass is 203 g/mol. The van der Waals surface area contributed by atoms with E-state index in [-0.39, 0.29) is 0 Å². The van der Waals surface area contributed by atoms with Crippen molar-refractivity contribution in [2.45, 2.75) is 11.3 Å². The van der Waals surface area contributed by atoms with E-state index in [2.05, 4.69) is 12.1 Å². The van der Waals surface area contributed by atoms with Crippen LogP contribution in [0.15, 0.2) is 34.9 Å². The molecule has 0 aliphatic carbocycles. The van der Waals surface area contributed by atoms with Crippen molar-refractivity contribution in [3.63, 3.8) is 0 Å². The number of carbonyl (C=O) groups excluding carboxylic acids is 1. The molecule has 1 aromatic carbocycles. The Bertz CT molecular complexity index is 348. The van der Waals surface area contributed by atoms with Crippen molar-refractivity contribution in [1.29, 1.82) is 0 Å². The molecule has 2 rings (SSSR count). The molecule has 70 valence electrons. The number of allylic oxidation sites excluding steroid dienone is 1. The molecule has 1 heterocycles. The maximum atomic E-state index is 10.7. The van der Waals surface area contributed by atoms with Crippen molar-refractivity contribution in [3.05, 3.63) is 42.1 Å². The molecule has 0 amide bonds. The second-order valence-corrected chi connectivity index (χ2v) is 3.99. The van der Waals surface area contributed by atoms with Crippen LogP contribution in [0, 0.1) is 12.1 Å². The number of rotatable bonds is 3. The van der Waals surface area contributed by atoms with Gasteiger partial charge in [-0.05, 0) is 30.5 Å². The van der Waals surface area contributed by atoms with Crippen LogP contribution in [-0.2, 0) is 4.79 Å². The molecule has 3 heteroatoms. The SMILES string of the molecule is O=CC1=CCCN1Sc1cc#ccc1. The summed E-state index contributed by atoms with van der Waals surface area (Å²) in [6.45, 7) is 0.900. The van der Waals surface area contributed by atoms with E-state index in [4.69, 9.17) is 0 Å². The second kappa shape index (κ2) is 4.21. The van der Waals surface area contributed by atoms with Gasteiger partial charge >= 0.3 is 0 Å². The highest BCUT2D eigenvalue weighted by Gasteiger charge is 2.14. The summed E-state index contributed by atoms with van der Waals surface area (Å²) in [5.74, 6) is 0. The molecule has 0 spiro atoms. The predicted octanol–water partition coefficient (Wildman–Crippen LogP) is 2.08. The van der Waals surface area contributed by atoms with Crippen LogP contribution >= 0.6 is 11.9 Å². The number of aldehydes is 1. The summed E-state index contributed by atoms with van der Waals surface area (Å²) >= 11 is 1.57. The van der Waals surface area contributed by atoms with E-state index < -0.39 is 0 Å². The van der Waals surface area contributed by atoms with Crippen molar-refractivity contribution >= 4 is 18.2 Å². The Kier molecular flexibility index (Phi) is 2.76. The fourth-order valence-electron chi connectivity index (χ4n) is 1.28. The first-order valence-electron chi connectivity index (χ1n) is 4.39. The Morgan fingerprint density at radius 1 is 1.50 bits per heavy atom. The minimum Gasteiger partial charge on any atom is -0.309 e. The molecule has 0 bridgehead atoms. The van der Waals surface area contributed by atoms with Gasteiger partial charge in [-0.2, -0.15) is 0 Å². The minimum absolute atomic E-state index is 0.767. The number of nitrogens with zero attached hydrogens (tertiary/aromatic N) is 1. The summed E-state index contributed by atoms with van der Waals surface area (Å²) in [5.41, 5.74) is 0.767. The third-order valence-corrected chi connectivity index (χ3v) is 3.02. The van der Waals surface area contributed by atoms with E-state index >= 15 is 0 Å². The molecule has 0 N–H and O–H groups in total. The highest BCUT2D eigenvalue weighted by Crippen LogP contribution is 2.28. The highest BCUT2D eigenvalue weighted by atomic mass is 32.2. The van der Waals surface area contributed by atoms with Gasteiger partial charge in [0, 0.05) is 17.5 Å². The Morgan fingerprint density at radius 3 is 3.14 bits per heavy atom. The molecule has 1 aliphatic heterocycles. The molecule has 0 unspecified atom stereocenters. The molecule has 0 radical (unpaired) electrons. The first-order chi connectivity index (χ1) is 6.90. The molecule has 2 nitrogen and oxygen atoms in total. The summed E-state index contributed by atoms with van der Waals surface area (Å²) in [4.78, 5) is 11.8. The van der Waals surface area contributed by atoms with Gasteiger partial charge in [0.05, 0.1) is 5.70 Å². The lowest BCUT2D eigenvalue weighted by Crippen LogP contribution is -2.10. The summed E-state index contributed by atoms with van der Waals surface area (Å²) < 4.78 is 2.00. The Hall–Kier alpha value is -1.40. The average molecular weight is 203 g/mol. The molecule has 14 heavy (non-hydrogen) atoms. The fraction of sp³-hybridized carbons (Fsp3) is 0.182. The Labute approximate surface area is 87.7 Å². The lowest BCUT2D eigenvalue weighted by molar-refractivity contribution is -0.105. The summed E-state index contributed by atoms with van der Waals surface area (Å²) in [6, 6.07) is 11.4. The smallest absolute Gasteiger partial charge is 0.166 e. The second-order valence-electron chi connectivity index (χ2n) is 2.90. The van der Waals surface area contributed by atoms with Crippen LogP contribution in [0.25, 0.3) is 0 Å². The molecule has 0 saturated carbocycles. The van der Waals surface area contributed by atoms with Crippen LogP contribution in [0.5, 0.6) is 0 Å². The maximum Gasteiger partial charge on any atom is 0.166 e. The molecule has 1 aliphatic rings. The standard InChI is InChI=1S/C11H9NOS/c13-9-10-5-4-8-12(10)14-11-6-2-1-3-7-11/h2,5-7,9H,4,8H2. The lowest BCUT2D eigenvalue weighted by Gasteiger charge is -2.16. The normalized spacial score (nSPS) is 14.9. The Morgan fingerprint density at radius 2 is 2.43 bits per heavy atom. The van der Waals surface area contributed by atoms with Crippen LogP contribution < -0.4 is 0 Å². The molecule has 0 atom stereocenters. The summed E-state index contributed by atoms with van der Waals surface area (Å²) in [6.07, 6.45) is 3.81. The number of hydrogen-bond donors (Lipinski definition) is 0. The third kappa shape index (κ3) is 1.91. The molecule has 1 aromatic rings. The maximum absolute atomic E-state index is 10.7. The van der Waals surface area contributed by atoms with E-state index in [1.165, 1.54) is 0 Å². The zero-order chi connectivity index (χ0) is 9.80. The Balaban J connectivity index is 2.05. The third-order valence-electron chi connectivity index (χ3n) is 1.94. The van der Waals surface area contributed by atoms with Gasteiger partial charge in [-0.15, -0.1) is 0 Å². The van der Waals surface area contributed by atoms with Crippen molar-refractivity contribution < 1.29 is 4.79 Å². The van der Waals surface area contributed by atoms with Gasteiger partial charge < -0.3 is 4.31 Å². The van der Waals surface area contributed by atoms with Gasteiger partial charge in [0.1, 0.15) is 0 Å². The van der Waals surface area contributed by atoms with E-state index in [1.54, 1.807) is 11.9 Å². The van der Waals surface area contributed by atoms with Gasteiger partial charge in [-0.1, -0.05) is 18.2 Å². The zero-order valence-corrected chi connectivity index (χ0v) is 8.38. The first kappa shape index (κ1) is 9.17. The molecular formula is C11H9NOS. The number of carbonyl (C=O) groups is 1. The van der Waals surface area contributed by atoms with Gasteiger partial charge in [0.2, 0.25) is 0 Å². The topological polar surface area (TPSA) is 20.3 Å². The quantitative estimate of drug-likeness (QED) is 0.554. The zero-order valence-electron chi connectivity index (χ0n) is 7.56. The first-order valence-corrected chi connectivity index (χ1v) is 5.16. The molecular weight excluding hydrogens is 194 g/mol. The van der Waals surface area contributed by atoms with Crippen molar-refractivity contribution in [1.82, 2.24) is 4.31 Å². The average Bonchev–Trinajstić information content (AvgIpc) is 2.67. The van der Waals surface area contributed by atoms with Crippen LogP contribution in [-0.4, -0.2) is 17.1 Å². The summed E-state index contributed by atoms with van der Waals surface area (Å²) in [7, 11) is 0. The van der Waals surface area contributed by atoms with Crippen molar-refractivity contribution in [3.8, 4) is 0 Å². The van der Waals surface area contributed by atoms with Crippen LogP contribution in [0.2, 0.25) is 0 Å². The fourth-order valence-corrected chi connectivity index (χ4v) is 2.20. The van der Waals surface area contributed by atoms with E-state index in [0.717, 1.165) is 29.8 Å². The van der Waals surface area contributed by atoms with Gasteiger partial charge in [-0.3, -0.25) is 4.79 Å². The minimum atomic E-state index is 0.767. The van der Waals surface area contributed by atoms with E-state index in [0.29, 0.717) is 0 Å². The highest BCUT2D eigenvalue weighted by molar-refractivity contribution is 7.97. The van der Waals surface area contributed by atoms with Gasteiger partial charge in [0.15, 0.2) is 6.29 Å². The molecule has 0 saturated heterocycles.